The van der Waals surface area contributed by atoms with Gasteiger partial charge in [0.25, 0.3) is 0 Å². The van der Waals surface area contributed by atoms with E-state index in [1.165, 1.54) is 11.1 Å². The fourth-order valence-electron chi connectivity index (χ4n) is 3.51. The molecule has 2 aromatic carbocycles. The summed E-state index contributed by atoms with van der Waals surface area (Å²) in [4.78, 5) is 16.2. The fraction of sp³-hybridized carbons (Fsp3) is 0.190. The van der Waals surface area contributed by atoms with Crippen LogP contribution in [0.3, 0.4) is 0 Å². The Morgan fingerprint density at radius 3 is 2.54 bits per heavy atom. The van der Waals surface area contributed by atoms with E-state index in [0.717, 1.165) is 35.4 Å². The summed E-state index contributed by atoms with van der Waals surface area (Å²) < 4.78 is 5.34. The van der Waals surface area contributed by atoms with Crippen LogP contribution in [0.1, 0.15) is 28.4 Å². The molecule has 3 aromatic rings. The molecule has 4 rings (SSSR count). The van der Waals surface area contributed by atoms with E-state index < -0.39 is 0 Å². The molecule has 1 aliphatic carbocycles. The van der Waals surface area contributed by atoms with Gasteiger partial charge >= 0.3 is 5.97 Å². The fourth-order valence-corrected chi connectivity index (χ4v) is 3.51. The molecule has 3 nitrogen and oxygen atoms in total. The predicted molar refractivity (Wildman–Crippen MR) is 95.0 cm³/mol. The maximum atomic E-state index is 12.6. The van der Waals surface area contributed by atoms with Crippen molar-refractivity contribution < 1.29 is 9.53 Å². The van der Waals surface area contributed by atoms with Crippen LogP contribution >= 0.6 is 0 Å². The van der Waals surface area contributed by atoms with E-state index in [1.54, 1.807) is 0 Å². The normalized spacial score (nSPS) is 12.4. The first-order chi connectivity index (χ1) is 11.8. The van der Waals surface area contributed by atoms with Crippen LogP contribution < -0.4 is 0 Å². The molecule has 0 spiro atoms. The van der Waals surface area contributed by atoms with Crippen molar-refractivity contribution in [2.45, 2.75) is 19.8 Å². The maximum absolute atomic E-state index is 12.6. The Bertz CT molecular complexity index is 893. The average molecular weight is 317 g/mol. The minimum Gasteiger partial charge on any atom is -0.462 e. The summed E-state index contributed by atoms with van der Waals surface area (Å²) in [5.74, 6) is -0.242. The van der Waals surface area contributed by atoms with E-state index in [2.05, 4.69) is 23.2 Å². The second-order valence-corrected chi connectivity index (χ2v) is 5.97. The van der Waals surface area contributed by atoms with Crippen LogP contribution in [0.15, 0.2) is 54.6 Å². The third-order valence-electron chi connectivity index (χ3n) is 4.58. The Morgan fingerprint density at radius 1 is 1.00 bits per heavy atom. The number of carbonyl (C=O) groups is 1. The van der Waals surface area contributed by atoms with Gasteiger partial charge in [0.2, 0.25) is 0 Å². The average Bonchev–Trinajstić information content (AvgIpc) is 3.03. The number of esters is 1. The summed E-state index contributed by atoms with van der Waals surface area (Å²) in [6.45, 7) is 2.22. The van der Waals surface area contributed by atoms with Crippen LogP contribution in [0, 0.1) is 0 Å². The molecule has 0 amide bonds. The van der Waals surface area contributed by atoms with Crippen LogP contribution in [-0.4, -0.2) is 17.6 Å². The molecule has 1 aromatic heterocycles. The summed E-state index contributed by atoms with van der Waals surface area (Å²) in [6.07, 6.45) is 1.80. The zero-order valence-corrected chi connectivity index (χ0v) is 13.6. The van der Waals surface area contributed by atoms with Gasteiger partial charge in [0.05, 0.1) is 23.6 Å². The van der Waals surface area contributed by atoms with Crippen molar-refractivity contribution in [2.24, 2.45) is 0 Å². The highest BCUT2D eigenvalue weighted by atomic mass is 16.5. The van der Waals surface area contributed by atoms with Gasteiger partial charge in [-0.1, -0.05) is 54.6 Å². The van der Waals surface area contributed by atoms with Gasteiger partial charge in [-0.3, -0.25) is 0 Å². The molecule has 0 atom stereocenters. The first kappa shape index (κ1) is 14.8. The quantitative estimate of drug-likeness (QED) is 0.716. The summed E-state index contributed by atoms with van der Waals surface area (Å²) in [7, 11) is 0. The van der Waals surface area contributed by atoms with Gasteiger partial charge in [0.15, 0.2) is 0 Å². The van der Waals surface area contributed by atoms with Gasteiger partial charge in [-0.05, 0) is 36.5 Å². The molecule has 3 heteroatoms. The highest BCUT2D eigenvalue weighted by Crippen LogP contribution is 2.39. The first-order valence-corrected chi connectivity index (χ1v) is 8.35. The molecule has 0 aliphatic heterocycles. The van der Waals surface area contributed by atoms with Crippen LogP contribution in [0.5, 0.6) is 0 Å². The molecule has 1 aliphatic rings. The van der Waals surface area contributed by atoms with Crippen molar-refractivity contribution in [1.82, 2.24) is 4.98 Å². The van der Waals surface area contributed by atoms with E-state index in [4.69, 9.17) is 4.74 Å². The molecule has 0 unspecified atom stereocenters. The van der Waals surface area contributed by atoms with Crippen LogP contribution in [0.4, 0.5) is 0 Å². The standard InChI is InChI=1S/C21H19NO2/c1-2-24-21(23)18-17-13-12-14-8-6-7-11-16(14)20(17)22-19(18)15-9-4-3-5-10-15/h3-11,22H,2,12-13H2,1H3. The highest BCUT2D eigenvalue weighted by Gasteiger charge is 2.28. The number of benzene rings is 2. The number of hydrogen-bond donors (Lipinski definition) is 1. The van der Waals surface area contributed by atoms with E-state index in [-0.39, 0.29) is 5.97 Å². The molecule has 0 saturated carbocycles. The lowest BCUT2D eigenvalue weighted by molar-refractivity contribution is 0.0526. The lowest BCUT2D eigenvalue weighted by atomic mass is 9.88. The Hall–Kier alpha value is -2.81. The van der Waals surface area contributed by atoms with Crippen molar-refractivity contribution >= 4 is 5.97 Å². The Kier molecular flexibility index (Phi) is 3.69. The van der Waals surface area contributed by atoms with Crippen molar-refractivity contribution in [3.8, 4) is 22.5 Å². The van der Waals surface area contributed by atoms with Gasteiger partial charge in [-0.2, -0.15) is 0 Å². The third kappa shape index (κ3) is 2.33. The topological polar surface area (TPSA) is 42.1 Å². The maximum Gasteiger partial charge on any atom is 0.340 e. The second-order valence-electron chi connectivity index (χ2n) is 5.97. The molecule has 1 N–H and O–H groups in total. The molecule has 24 heavy (non-hydrogen) atoms. The van der Waals surface area contributed by atoms with Crippen molar-refractivity contribution in [3.05, 3.63) is 71.3 Å². The zero-order valence-electron chi connectivity index (χ0n) is 13.6. The van der Waals surface area contributed by atoms with E-state index >= 15 is 0 Å². The van der Waals surface area contributed by atoms with Gasteiger partial charge in [0, 0.05) is 5.56 Å². The SMILES string of the molecule is CCOC(=O)c1c(-c2ccccc2)[nH]c2c1CCc1ccccc1-2. The number of aromatic nitrogens is 1. The molecular formula is C21H19NO2. The van der Waals surface area contributed by atoms with E-state index in [1.807, 2.05) is 43.3 Å². The number of hydrogen-bond acceptors (Lipinski definition) is 2. The van der Waals surface area contributed by atoms with Gasteiger partial charge in [-0.15, -0.1) is 0 Å². The number of ether oxygens (including phenoxy) is 1. The van der Waals surface area contributed by atoms with Gasteiger partial charge < -0.3 is 9.72 Å². The number of fused-ring (bicyclic) bond motifs is 3. The number of rotatable bonds is 3. The largest absolute Gasteiger partial charge is 0.462 e. The number of H-pyrrole nitrogens is 1. The lowest BCUT2D eigenvalue weighted by Crippen LogP contribution is -2.10. The highest BCUT2D eigenvalue weighted by molar-refractivity contribution is 6.01. The van der Waals surface area contributed by atoms with Gasteiger partial charge in [0.1, 0.15) is 0 Å². The Labute approximate surface area is 141 Å². The van der Waals surface area contributed by atoms with E-state index in [0.29, 0.717) is 12.2 Å². The minimum atomic E-state index is -0.242. The number of nitrogens with one attached hydrogen (secondary N) is 1. The summed E-state index contributed by atoms with van der Waals surface area (Å²) in [5, 5.41) is 0. The minimum absolute atomic E-state index is 0.242. The van der Waals surface area contributed by atoms with Crippen molar-refractivity contribution in [3.63, 3.8) is 0 Å². The molecular weight excluding hydrogens is 298 g/mol. The zero-order chi connectivity index (χ0) is 16.5. The summed E-state index contributed by atoms with van der Waals surface area (Å²) >= 11 is 0. The number of aromatic amines is 1. The number of carbonyl (C=O) groups excluding carboxylic acids is 1. The molecule has 120 valence electrons. The smallest absolute Gasteiger partial charge is 0.340 e. The molecule has 0 bridgehead atoms. The molecule has 0 radical (unpaired) electrons. The number of aryl methyl sites for hydroxylation is 1. The lowest BCUT2D eigenvalue weighted by Gasteiger charge is -2.16. The Balaban J connectivity index is 1.95. The summed E-state index contributed by atoms with van der Waals surface area (Å²) in [6, 6.07) is 18.4. The molecule has 1 heterocycles. The van der Waals surface area contributed by atoms with Gasteiger partial charge in [-0.25, -0.2) is 4.79 Å². The monoisotopic (exact) mass is 317 g/mol. The third-order valence-corrected chi connectivity index (χ3v) is 4.58. The Morgan fingerprint density at radius 2 is 1.75 bits per heavy atom. The van der Waals surface area contributed by atoms with Crippen molar-refractivity contribution in [2.75, 3.05) is 6.61 Å². The first-order valence-electron chi connectivity index (χ1n) is 8.35. The molecule has 0 fully saturated rings. The summed E-state index contributed by atoms with van der Waals surface area (Å²) in [5.41, 5.74) is 7.19. The van der Waals surface area contributed by atoms with Crippen LogP contribution in [-0.2, 0) is 17.6 Å². The van der Waals surface area contributed by atoms with E-state index in [9.17, 15) is 4.79 Å². The second kappa shape index (κ2) is 6.00. The van der Waals surface area contributed by atoms with Crippen LogP contribution in [0.25, 0.3) is 22.5 Å². The van der Waals surface area contributed by atoms with Crippen LogP contribution in [0.2, 0.25) is 0 Å². The predicted octanol–water partition coefficient (Wildman–Crippen LogP) is 4.62. The molecule has 0 saturated heterocycles. The van der Waals surface area contributed by atoms with Crippen molar-refractivity contribution in [1.29, 1.82) is 0 Å².